The van der Waals surface area contributed by atoms with Crippen LogP contribution in [-0.2, 0) is 6.54 Å². The van der Waals surface area contributed by atoms with Crippen molar-refractivity contribution in [1.82, 2.24) is 9.55 Å². The van der Waals surface area contributed by atoms with Gasteiger partial charge in [-0.2, -0.15) is 4.39 Å². The van der Waals surface area contributed by atoms with Gasteiger partial charge in [0.2, 0.25) is 5.82 Å². The van der Waals surface area contributed by atoms with Gasteiger partial charge in [-0.1, -0.05) is 12.1 Å². The van der Waals surface area contributed by atoms with E-state index in [1.54, 1.807) is 4.98 Å². The summed E-state index contributed by atoms with van der Waals surface area (Å²) in [7, 11) is 0. The topological polar surface area (TPSA) is 118 Å². The van der Waals surface area contributed by atoms with Crippen LogP contribution in [0.4, 0.5) is 10.1 Å². The quantitative estimate of drug-likeness (QED) is 0.684. The van der Waals surface area contributed by atoms with E-state index in [0.717, 1.165) is 10.8 Å². The number of nitrogen functional groups attached to an aromatic ring is 1. The Morgan fingerprint density at radius 3 is 2.75 bits per heavy atom. The summed E-state index contributed by atoms with van der Waals surface area (Å²) in [5, 5.41) is 9.09. The fraction of sp³-hybridized carbons (Fsp3) is 0.0833. The molecular formula is C12H10FN3O4. The number of halogens is 1. The third kappa shape index (κ3) is 2.44. The highest BCUT2D eigenvalue weighted by Gasteiger charge is 2.15. The van der Waals surface area contributed by atoms with Gasteiger partial charge in [-0.3, -0.25) is 14.3 Å². The lowest BCUT2D eigenvalue weighted by molar-refractivity contribution is 0.0696. The lowest BCUT2D eigenvalue weighted by atomic mass is 10.1. The van der Waals surface area contributed by atoms with Crippen LogP contribution in [0.25, 0.3) is 0 Å². The Morgan fingerprint density at radius 2 is 2.10 bits per heavy atom. The van der Waals surface area contributed by atoms with Crippen molar-refractivity contribution >= 4 is 11.7 Å². The fourth-order valence-electron chi connectivity index (χ4n) is 1.80. The zero-order valence-electron chi connectivity index (χ0n) is 10.1. The number of rotatable bonds is 3. The first-order valence-electron chi connectivity index (χ1n) is 5.50. The predicted molar refractivity (Wildman–Crippen MR) is 68.2 cm³/mol. The number of carboxylic acid groups (broad SMARTS) is 1. The lowest BCUT2D eigenvalue weighted by Crippen LogP contribution is -2.32. The number of nitrogens with zero attached hydrogens (tertiary/aromatic N) is 1. The molecule has 1 aromatic carbocycles. The van der Waals surface area contributed by atoms with Gasteiger partial charge in [-0.05, 0) is 11.6 Å². The molecule has 0 unspecified atom stereocenters. The molecule has 1 heterocycles. The smallest absolute Gasteiger partial charge is 0.338 e. The van der Waals surface area contributed by atoms with E-state index < -0.39 is 23.0 Å². The van der Waals surface area contributed by atoms with Crippen molar-refractivity contribution in [2.75, 3.05) is 5.73 Å². The van der Waals surface area contributed by atoms with Crippen molar-refractivity contribution in [3.05, 3.63) is 62.2 Å². The predicted octanol–water partition coefficient (Wildman–Crippen LogP) is 0.00440. The van der Waals surface area contributed by atoms with Gasteiger partial charge in [0, 0.05) is 5.69 Å². The maximum Gasteiger partial charge on any atom is 0.338 e. The molecule has 8 heteroatoms. The highest BCUT2D eigenvalue weighted by atomic mass is 19.1. The van der Waals surface area contributed by atoms with Gasteiger partial charge >= 0.3 is 11.7 Å². The molecule has 4 N–H and O–H groups in total. The van der Waals surface area contributed by atoms with E-state index in [4.69, 9.17) is 10.8 Å². The van der Waals surface area contributed by atoms with Crippen LogP contribution in [-0.4, -0.2) is 20.6 Å². The molecule has 104 valence electrons. The number of aromatic carboxylic acids is 1. The van der Waals surface area contributed by atoms with E-state index in [1.807, 2.05) is 0 Å². The molecule has 0 atom stereocenters. The Labute approximate surface area is 111 Å². The molecule has 20 heavy (non-hydrogen) atoms. The van der Waals surface area contributed by atoms with Gasteiger partial charge in [-0.25, -0.2) is 9.59 Å². The molecule has 0 aliphatic carbocycles. The Kier molecular flexibility index (Phi) is 3.38. The molecule has 0 aliphatic rings. The summed E-state index contributed by atoms with van der Waals surface area (Å²) in [5.74, 6) is -2.39. The molecule has 0 saturated carbocycles. The molecule has 0 saturated heterocycles. The molecule has 1 aromatic heterocycles. The van der Waals surface area contributed by atoms with Crippen LogP contribution in [0.3, 0.4) is 0 Å². The van der Waals surface area contributed by atoms with E-state index in [2.05, 4.69) is 0 Å². The molecule has 7 nitrogen and oxygen atoms in total. The number of aromatic nitrogens is 2. The normalized spacial score (nSPS) is 10.4. The maximum atomic E-state index is 13.2. The first-order valence-corrected chi connectivity index (χ1v) is 5.50. The zero-order chi connectivity index (χ0) is 14.9. The van der Waals surface area contributed by atoms with Crippen molar-refractivity contribution in [3.8, 4) is 0 Å². The maximum absolute atomic E-state index is 13.2. The number of anilines is 1. The number of carbonyl (C=O) groups is 1. The minimum Gasteiger partial charge on any atom is -0.478 e. The third-order valence-electron chi connectivity index (χ3n) is 2.70. The number of carboxylic acids is 1. The van der Waals surface area contributed by atoms with Crippen LogP contribution in [0.2, 0.25) is 0 Å². The fourth-order valence-corrected chi connectivity index (χ4v) is 1.80. The van der Waals surface area contributed by atoms with Crippen LogP contribution in [0.5, 0.6) is 0 Å². The average Bonchev–Trinajstić information content (AvgIpc) is 2.35. The van der Waals surface area contributed by atoms with Crippen LogP contribution < -0.4 is 17.0 Å². The Hall–Kier alpha value is -2.90. The molecule has 0 bridgehead atoms. The lowest BCUT2D eigenvalue weighted by Gasteiger charge is -2.10. The highest BCUT2D eigenvalue weighted by molar-refractivity contribution is 5.95. The van der Waals surface area contributed by atoms with Gasteiger partial charge in [0.15, 0.2) is 0 Å². The monoisotopic (exact) mass is 279 g/mol. The molecule has 2 aromatic rings. The van der Waals surface area contributed by atoms with Crippen molar-refractivity contribution in [2.24, 2.45) is 0 Å². The minimum atomic E-state index is -1.25. The first-order chi connectivity index (χ1) is 9.40. The molecule has 0 spiro atoms. The average molecular weight is 279 g/mol. The SMILES string of the molecule is Nc1cccc(Cn2cc(F)c(=O)[nH]c2=O)c1C(=O)O. The van der Waals surface area contributed by atoms with E-state index in [-0.39, 0.29) is 23.4 Å². The number of nitrogens with two attached hydrogens (primary N) is 1. The number of hydrogen-bond donors (Lipinski definition) is 3. The molecule has 0 fully saturated rings. The van der Waals surface area contributed by atoms with Gasteiger partial charge in [0.1, 0.15) is 0 Å². The molecular weight excluding hydrogens is 269 g/mol. The Balaban J connectivity index is 2.54. The van der Waals surface area contributed by atoms with Crippen molar-refractivity contribution in [2.45, 2.75) is 6.54 Å². The summed E-state index contributed by atoms with van der Waals surface area (Å²) in [4.78, 5) is 35.4. The van der Waals surface area contributed by atoms with Crippen LogP contribution >= 0.6 is 0 Å². The van der Waals surface area contributed by atoms with Crippen molar-refractivity contribution < 1.29 is 14.3 Å². The van der Waals surface area contributed by atoms with E-state index in [0.29, 0.717) is 0 Å². The Bertz CT molecular complexity index is 794. The number of H-pyrrole nitrogens is 1. The summed E-state index contributed by atoms with van der Waals surface area (Å²) in [6.45, 7) is -0.223. The Morgan fingerprint density at radius 1 is 1.40 bits per heavy atom. The van der Waals surface area contributed by atoms with Crippen molar-refractivity contribution in [1.29, 1.82) is 0 Å². The number of nitrogens with one attached hydrogen (secondary N) is 1. The molecule has 0 amide bonds. The van der Waals surface area contributed by atoms with Crippen LogP contribution in [0, 0.1) is 5.82 Å². The van der Waals surface area contributed by atoms with E-state index >= 15 is 0 Å². The van der Waals surface area contributed by atoms with Gasteiger partial charge in [-0.15, -0.1) is 0 Å². The third-order valence-corrected chi connectivity index (χ3v) is 2.70. The highest BCUT2D eigenvalue weighted by Crippen LogP contribution is 2.17. The van der Waals surface area contributed by atoms with E-state index in [1.165, 1.54) is 18.2 Å². The number of aromatic amines is 1. The summed E-state index contributed by atoms with van der Waals surface area (Å²) in [6.07, 6.45) is 0.718. The molecule has 0 radical (unpaired) electrons. The van der Waals surface area contributed by atoms with Gasteiger partial charge in [0.25, 0.3) is 5.56 Å². The molecule has 2 rings (SSSR count). The largest absolute Gasteiger partial charge is 0.478 e. The summed E-state index contributed by atoms with van der Waals surface area (Å²) < 4.78 is 14.0. The van der Waals surface area contributed by atoms with Crippen LogP contribution in [0.15, 0.2) is 34.0 Å². The summed E-state index contributed by atoms with van der Waals surface area (Å²) >= 11 is 0. The minimum absolute atomic E-state index is 0.0351. The standard InChI is InChI=1S/C12H10FN3O4/c13-7-5-16(12(20)15-10(7)17)4-6-2-1-3-8(14)9(6)11(18)19/h1-3,5H,4,14H2,(H,18,19)(H,15,17,20). The van der Waals surface area contributed by atoms with Gasteiger partial charge < -0.3 is 10.8 Å². The zero-order valence-corrected chi connectivity index (χ0v) is 10.1. The number of hydrogen-bond acceptors (Lipinski definition) is 4. The molecule has 0 aliphatic heterocycles. The first kappa shape index (κ1) is 13.5. The number of benzene rings is 1. The van der Waals surface area contributed by atoms with Crippen molar-refractivity contribution in [3.63, 3.8) is 0 Å². The van der Waals surface area contributed by atoms with Gasteiger partial charge in [0.05, 0.1) is 18.3 Å². The second-order valence-corrected chi connectivity index (χ2v) is 4.05. The van der Waals surface area contributed by atoms with E-state index in [9.17, 15) is 18.8 Å². The second kappa shape index (κ2) is 5.00. The summed E-state index contributed by atoms with van der Waals surface area (Å²) in [5.41, 5.74) is 3.70. The van der Waals surface area contributed by atoms with Crippen LogP contribution in [0.1, 0.15) is 15.9 Å². The summed E-state index contributed by atoms with van der Waals surface area (Å²) in [6, 6.07) is 4.38. The second-order valence-electron chi connectivity index (χ2n) is 4.05.